The van der Waals surface area contributed by atoms with Gasteiger partial charge < -0.3 is 10.5 Å². The molecular formula is C12H18Cl2N2O3S. The van der Waals surface area contributed by atoms with E-state index in [-0.39, 0.29) is 33.3 Å². The van der Waals surface area contributed by atoms with E-state index >= 15 is 0 Å². The van der Waals surface area contributed by atoms with E-state index in [0.29, 0.717) is 6.61 Å². The molecule has 1 aromatic rings. The van der Waals surface area contributed by atoms with Gasteiger partial charge in [-0.15, -0.1) is 0 Å². The molecular weight excluding hydrogens is 323 g/mol. The number of ether oxygens (including phenoxy) is 1. The van der Waals surface area contributed by atoms with Gasteiger partial charge >= 0.3 is 0 Å². The van der Waals surface area contributed by atoms with Crippen LogP contribution in [0, 0.1) is 0 Å². The molecule has 8 heteroatoms. The van der Waals surface area contributed by atoms with Crippen molar-refractivity contribution in [2.45, 2.75) is 24.8 Å². The topological polar surface area (TPSA) is 72.6 Å². The van der Waals surface area contributed by atoms with Crippen molar-refractivity contribution in [3.63, 3.8) is 0 Å². The van der Waals surface area contributed by atoms with Crippen LogP contribution in [-0.4, -0.2) is 39.0 Å². The summed E-state index contributed by atoms with van der Waals surface area (Å²) >= 11 is 11.7. The van der Waals surface area contributed by atoms with E-state index in [4.69, 9.17) is 33.7 Å². The van der Waals surface area contributed by atoms with Gasteiger partial charge in [0.2, 0.25) is 10.0 Å². The first-order chi connectivity index (χ1) is 9.16. The molecule has 0 aliphatic carbocycles. The summed E-state index contributed by atoms with van der Waals surface area (Å²) in [6.07, 6.45) is 0.0373. The van der Waals surface area contributed by atoms with E-state index in [1.165, 1.54) is 19.2 Å². The molecule has 0 aliphatic rings. The molecule has 0 atom stereocenters. The van der Waals surface area contributed by atoms with Crippen LogP contribution in [-0.2, 0) is 14.8 Å². The quantitative estimate of drug-likeness (QED) is 0.808. The molecule has 114 valence electrons. The maximum atomic E-state index is 12.4. The molecule has 0 bridgehead atoms. The van der Waals surface area contributed by atoms with Gasteiger partial charge in [-0.25, -0.2) is 8.42 Å². The van der Waals surface area contributed by atoms with Crippen LogP contribution in [0.1, 0.15) is 13.8 Å². The number of nitrogens with zero attached hydrogens (tertiary/aromatic N) is 1. The van der Waals surface area contributed by atoms with E-state index in [0.717, 1.165) is 4.31 Å². The zero-order chi connectivity index (χ0) is 15.5. The molecule has 0 radical (unpaired) electrons. The highest BCUT2D eigenvalue weighted by Gasteiger charge is 2.26. The van der Waals surface area contributed by atoms with Gasteiger partial charge in [0.25, 0.3) is 0 Å². The van der Waals surface area contributed by atoms with Crippen LogP contribution in [0.2, 0.25) is 10.0 Å². The zero-order valence-electron chi connectivity index (χ0n) is 11.6. The highest BCUT2D eigenvalue weighted by Crippen LogP contribution is 2.32. The summed E-state index contributed by atoms with van der Waals surface area (Å²) in [5.74, 6) is 0. The van der Waals surface area contributed by atoms with Crippen molar-refractivity contribution in [2.75, 3.05) is 25.9 Å². The van der Waals surface area contributed by atoms with Crippen LogP contribution in [0.15, 0.2) is 17.0 Å². The zero-order valence-corrected chi connectivity index (χ0v) is 13.9. The fraction of sp³-hybridized carbons (Fsp3) is 0.500. The van der Waals surface area contributed by atoms with Gasteiger partial charge in [0.05, 0.1) is 23.4 Å². The predicted molar refractivity (Wildman–Crippen MR) is 81.8 cm³/mol. The maximum absolute atomic E-state index is 12.4. The molecule has 2 N–H and O–H groups in total. The monoisotopic (exact) mass is 340 g/mol. The summed E-state index contributed by atoms with van der Waals surface area (Å²) in [5.41, 5.74) is 5.74. The standard InChI is InChI=1S/C12H18Cl2N2O3S/c1-8(2)19-5-4-16(3)20(17,18)12-10(14)6-9(13)7-11(12)15/h6-8H,4-5,15H2,1-3H3. The smallest absolute Gasteiger partial charge is 0.246 e. The number of rotatable bonds is 6. The average molecular weight is 341 g/mol. The normalized spacial score (nSPS) is 12.3. The molecule has 0 heterocycles. The highest BCUT2D eigenvalue weighted by atomic mass is 35.5. The number of benzene rings is 1. The molecule has 0 spiro atoms. The Labute approximate surface area is 129 Å². The number of halogens is 2. The van der Waals surface area contributed by atoms with E-state index in [2.05, 4.69) is 0 Å². The van der Waals surface area contributed by atoms with Crippen molar-refractivity contribution < 1.29 is 13.2 Å². The van der Waals surface area contributed by atoms with Gasteiger partial charge in [0.15, 0.2) is 0 Å². The van der Waals surface area contributed by atoms with Crippen LogP contribution in [0.3, 0.4) is 0 Å². The maximum Gasteiger partial charge on any atom is 0.246 e. The van der Waals surface area contributed by atoms with Crippen molar-refractivity contribution in [1.29, 1.82) is 0 Å². The van der Waals surface area contributed by atoms with E-state index in [1.807, 2.05) is 13.8 Å². The van der Waals surface area contributed by atoms with Crippen molar-refractivity contribution in [3.8, 4) is 0 Å². The number of nitrogen functional groups attached to an aromatic ring is 1. The van der Waals surface area contributed by atoms with Crippen molar-refractivity contribution in [1.82, 2.24) is 4.31 Å². The molecule has 1 aromatic carbocycles. The third kappa shape index (κ3) is 4.23. The fourth-order valence-corrected chi connectivity index (χ4v) is 3.64. The summed E-state index contributed by atoms with van der Waals surface area (Å²) < 4.78 is 31.3. The van der Waals surface area contributed by atoms with Crippen LogP contribution >= 0.6 is 23.2 Å². The van der Waals surface area contributed by atoms with E-state index < -0.39 is 10.0 Å². The molecule has 0 fully saturated rings. The summed E-state index contributed by atoms with van der Waals surface area (Å²) in [6, 6.07) is 2.71. The van der Waals surface area contributed by atoms with Gasteiger partial charge in [-0.2, -0.15) is 4.31 Å². The first kappa shape index (κ1) is 17.5. The Morgan fingerprint density at radius 1 is 1.35 bits per heavy atom. The molecule has 0 aliphatic heterocycles. The molecule has 20 heavy (non-hydrogen) atoms. The third-order valence-corrected chi connectivity index (χ3v) is 5.17. The Bertz CT molecular complexity index is 553. The third-order valence-electron chi connectivity index (χ3n) is 2.56. The summed E-state index contributed by atoms with van der Waals surface area (Å²) in [7, 11) is -2.33. The number of nitrogens with two attached hydrogens (primary N) is 1. The molecule has 1 rings (SSSR count). The molecule has 0 saturated carbocycles. The van der Waals surface area contributed by atoms with Gasteiger partial charge in [0, 0.05) is 18.6 Å². The second kappa shape index (κ2) is 6.95. The fourth-order valence-electron chi connectivity index (χ4n) is 1.55. The Morgan fingerprint density at radius 2 is 1.95 bits per heavy atom. The van der Waals surface area contributed by atoms with Crippen LogP contribution in [0.4, 0.5) is 5.69 Å². The largest absolute Gasteiger partial charge is 0.398 e. The van der Waals surface area contributed by atoms with Gasteiger partial charge in [-0.1, -0.05) is 23.2 Å². The minimum Gasteiger partial charge on any atom is -0.398 e. The second-order valence-electron chi connectivity index (χ2n) is 4.55. The average Bonchev–Trinajstić information content (AvgIpc) is 2.26. The molecule has 0 amide bonds. The number of likely N-dealkylation sites (N-methyl/N-ethyl adjacent to an activating group) is 1. The number of sulfonamides is 1. The minimum atomic E-state index is -3.78. The first-order valence-electron chi connectivity index (χ1n) is 5.98. The highest BCUT2D eigenvalue weighted by molar-refractivity contribution is 7.89. The lowest BCUT2D eigenvalue weighted by molar-refractivity contribution is 0.0737. The SMILES string of the molecule is CC(C)OCCN(C)S(=O)(=O)c1c(N)cc(Cl)cc1Cl. The minimum absolute atomic E-state index is 0.00614. The predicted octanol–water partition coefficient (Wildman–Crippen LogP) is 2.62. The lowest BCUT2D eigenvalue weighted by Gasteiger charge is -2.20. The van der Waals surface area contributed by atoms with E-state index in [1.54, 1.807) is 0 Å². The Kier molecular flexibility index (Phi) is 6.09. The van der Waals surface area contributed by atoms with Crippen molar-refractivity contribution >= 4 is 38.9 Å². The van der Waals surface area contributed by atoms with Crippen molar-refractivity contribution in [3.05, 3.63) is 22.2 Å². The summed E-state index contributed by atoms with van der Waals surface area (Å²) in [6.45, 7) is 4.25. The van der Waals surface area contributed by atoms with Crippen LogP contribution in [0.25, 0.3) is 0 Å². The molecule has 0 aromatic heterocycles. The summed E-state index contributed by atoms with van der Waals surface area (Å²) in [5, 5.41) is 0.295. The Hall–Kier alpha value is -0.530. The first-order valence-corrected chi connectivity index (χ1v) is 8.18. The Balaban J connectivity index is 2.99. The van der Waals surface area contributed by atoms with E-state index in [9.17, 15) is 8.42 Å². The molecule has 0 saturated heterocycles. The molecule has 0 unspecified atom stereocenters. The number of hydrogen-bond acceptors (Lipinski definition) is 4. The summed E-state index contributed by atoms with van der Waals surface area (Å²) in [4.78, 5) is -0.129. The van der Waals surface area contributed by atoms with Gasteiger partial charge in [-0.3, -0.25) is 0 Å². The molecule has 5 nitrogen and oxygen atoms in total. The van der Waals surface area contributed by atoms with Gasteiger partial charge in [0.1, 0.15) is 4.90 Å². The Morgan fingerprint density at radius 3 is 2.45 bits per heavy atom. The van der Waals surface area contributed by atoms with Gasteiger partial charge in [-0.05, 0) is 26.0 Å². The van der Waals surface area contributed by atoms with Crippen LogP contribution in [0.5, 0.6) is 0 Å². The number of hydrogen-bond donors (Lipinski definition) is 1. The lowest BCUT2D eigenvalue weighted by Crippen LogP contribution is -2.31. The lowest BCUT2D eigenvalue weighted by atomic mass is 10.3. The number of anilines is 1. The van der Waals surface area contributed by atoms with Crippen LogP contribution < -0.4 is 5.73 Å². The second-order valence-corrected chi connectivity index (χ2v) is 7.38. The van der Waals surface area contributed by atoms with Crippen molar-refractivity contribution in [2.24, 2.45) is 0 Å².